The van der Waals surface area contributed by atoms with Gasteiger partial charge in [-0.25, -0.2) is 0 Å². The zero-order valence-electron chi connectivity index (χ0n) is 12.9. The van der Waals surface area contributed by atoms with Crippen LogP contribution in [0.1, 0.15) is 12.0 Å². The first-order valence-electron chi connectivity index (χ1n) is 7.24. The highest BCUT2D eigenvalue weighted by Crippen LogP contribution is 2.04. The molecular formula is C16H23NO5. The SMILES string of the molecule is COC(=O)CCN(CCOCCO)C(=O)Cc1ccccc1. The molecule has 0 aliphatic carbocycles. The summed E-state index contributed by atoms with van der Waals surface area (Å²) in [4.78, 5) is 25.2. The van der Waals surface area contributed by atoms with E-state index >= 15 is 0 Å². The van der Waals surface area contributed by atoms with E-state index in [1.165, 1.54) is 7.11 Å². The van der Waals surface area contributed by atoms with E-state index < -0.39 is 0 Å². The lowest BCUT2D eigenvalue weighted by Crippen LogP contribution is -2.37. The number of carbonyl (C=O) groups excluding carboxylic acids is 2. The Morgan fingerprint density at radius 1 is 1.14 bits per heavy atom. The first kappa shape index (κ1) is 18.1. The molecule has 6 nitrogen and oxygen atoms in total. The highest BCUT2D eigenvalue weighted by Gasteiger charge is 2.15. The van der Waals surface area contributed by atoms with Gasteiger partial charge in [-0.3, -0.25) is 9.59 Å². The van der Waals surface area contributed by atoms with Crippen molar-refractivity contribution in [2.75, 3.05) is 40.0 Å². The first-order chi connectivity index (χ1) is 10.7. The Kier molecular flexibility index (Phi) is 8.86. The number of aliphatic hydroxyl groups is 1. The van der Waals surface area contributed by atoms with Gasteiger partial charge in [0.25, 0.3) is 0 Å². The number of benzene rings is 1. The largest absolute Gasteiger partial charge is 0.469 e. The van der Waals surface area contributed by atoms with E-state index in [1.54, 1.807) is 4.90 Å². The average Bonchev–Trinajstić information content (AvgIpc) is 2.54. The van der Waals surface area contributed by atoms with E-state index in [2.05, 4.69) is 4.74 Å². The van der Waals surface area contributed by atoms with Crippen molar-refractivity contribution < 1.29 is 24.2 Å². The fourth-order valence-electron chi connectivity index (χ4n) is 1.91. The molecule has 1 aromatic carbocycles. The molecule has 0 unspecified atom stereocenters. The average molecular weight is 309 g/mol. The predicted octanol–water partition coefficient (Wildman–Crippen LogP) is 0.630. The van der Waals surface area contributed by atoms with Gasteiger partial charge in [-0.05, 0) is 5.56 Å². The number of rotatable bonds is 10. The van der Waals surface area contributed by atoms with Gasteiger partial charge in [-0.15, -0.1) is 0 Å². The maximum Gasteiger partial charge on any atom is 0.307 e. The molecule has 0 saturated heterocycles. The van der Waals surface area contributed by atoms with E-state index in [0.29, 0.717) is 19.7 Å². The number of methoxy groups -OCH3 is 1. The number of esters is 1. The number of aliphatic hydroxyl groups excluding tert-OH is 1. The smallest absolute Gasteiger partial charge is 0.307 e. The summed E-state index contributed by atoms with van der Waals surface area (Å²) in [6.07, 6.45) is 0.430. The summed E-state index contributed by atoms with van der Waals surface area (Å²) in [6.45, 7) is 1.17. The van der Waals surface area contributed by atoms with Crippen LogP contribution >= 0.6 is 0 Å². The lowest BCUT2D eigenvalue weighted by molar-refractivity contribution is -0.141. The highest BCUT2D eigenvalue weighted by atomic mass is 16.5. The number of amides is 1. The zero-order valence-corrected chi connectivity index (χ0v) is 12.9. The molecule has 0 aliphatic heterocycles. The minimum atomic E-state index is -0.353. The Morgan fingerprint density at radius 3 is 2.50 bits per heavy atom. The van der Waals surface area contributed by atoms with Gasteiger partial charge in [0.05, 0.1) is 39.8 Å². The Hall–Kier alpha value is -1.92. The molecule has 0 aromatic heterocycles. The van der Waals surface area contributed by atoms with Crippen LogP contribution in [0.3, 0.4) is 0 Å². The van der Waals surface area contributed by atoms with Crippen molar-refractivity contribution in [2.24, 2.45) is 0 Å². The van der Waals surface area contributed by atoms with Crippen molar-refractivity contribution in [3.05, 3.63) is 35.9 Å². The topological polar surface area (TPSA) is 76.1 Å². The van der Waals surface area contributed by atoms with E-state index in [4.69, 9.17) is 9.84 Å². The Labute approximate surface area is 130 Å². The fourth-order valence-corrected chi connectivity index (χ4v) is 1.91. The van der Waals surface area contributed by atoms with Crippen LogP contribution in [-0.4, -0.2) is 61.9 Å². The van der Waals surface area contributed by atoms with Crippen molar-refractivity contribution in [3.63, 3.8) is 0 Å². The van der Waals surface area contributed by atoms with Crippen molar-refractivity contribution in [1.29, 1.82) is 0 Å². The Morgan fingerprint density at radius 2 is 1.86 bits per heavy atom. The van der Waals surface area contributed by atoms with Gasteiger partial charge in [-0.1, -0.05) is 30.3 Å². The summed E-state index contributed by atoms with van der Waals surface area (Å²) >= 11 is 0. The number of hydrogen-bond acceptors (Lipinski definition) is 5. The third-order valence-electron chi connectivity index (χ3n) is 3.11. The number of nitrogens with zero attached hydrogens (tertiary/aromatic N) is 1. The molecule has 1 amide bonds. The van der Waals surface area contributed by atoms with Crippen LogP contribution in [0.2, 0.25) is 0 Å². The van der Waals surface area contributed by atoms with Gasteiger partial charge in [0.15, 0.2) is 0 Å². The van der Waals surface area contributed by atoms with Crippen LogP contribution in [0.15, 0.2) is 30.3 Å². The second kappa shape index (κ2) is 10.8. The third kappa shape index (κ3) is 7.19. The second-order valence-electron chi connectivity index (χ2n) is 4.71. The van der Waals surface area contributed by atoms with E-state index in [9.17, 15) is 9.59 Å². The number of hydrogen-bond donors (Lipinski definition) is 1. The van der Waals surface area contributed by atoms with Crippen molar-refractivity contribution >= 4 is 11.9 Å². The molecule has 0 heterocycles. The van der Waals surface area contributed by atoms with Crippen LogP contribution in [0.25, 0.3) is 0 Å². The van der Waals surface area contributed by atoms with Gasteiger partial charge in [-0.2, -0.15) is 0 Å². The molecule has 0 bridgehead atoms. The fraction of sp³-hybridized carbons (Fsp3) is 0.500. The lowest BCUT2D eigenvalue weighted by atomic mass is 10.1. The number of ether oxygens (including phenoxy) is 2. The summed E-state index contributed by atoms with van der Waals surface area (Å²) in [5, 5.41) is 8.68. The standard InChI is InChI=1S/C16H23NO5/c1-21-16(20)7-8-17(9-11-22-12-10-18)15(19)13-14-5-3-2-4-6-14/h2-6,18H,7-13H2,1H3. The van der Waals surface area contributed by atoms with Crippen molar-refractivity contribution in [3.8, 4) is 0 Å². The summed E-state index contributed by atoms with van der Waals surface area (Å²) < 4.78 is 9.79. The Balaban J connectivity index is 2.54. The quantitative estimate of drug-likeness (QED) is 0.507. The lowest BCUT2D eigenvalue weighted by Gasteiger charge is -2.22. The van der Waals surface area contributed by atoms with Crippen molar-refractivity contribution in [1.82, 2.24) is 4.90 Å². The van der Waals surface area contributed by atoms with Crippen LogP contribution in [0.4, 0.5) is 0 Å². The monoisotopic (exact) mass is 309 g/mol. The van der Waals surface area contributed by atoms with Gasteiger partial charge in [0.2, 0.25) is 5.91 Å². The maximum atomic E-state index is 12.3. The molecule has 0 fully saturated rings. The summed E-state index contributed by atoms with van der Waals surface area (Å²) in [7, 11) is 1.32. The summed E-state index contributed by atoms with van der Waals surface area (Å²) in [5.41, 5.74) is 0.923. The van der Waals surface area contributed by atoms with Crippen LogP contribution in [0.5, 0.6) is 0 Å². The molecule has 0 saturated carbocycles. The summed E-state index contributed by atoms with van der Waals surface area (Å²) in [5.74, 6) is -0.420. The minimum absolute atomic E-state index is 0.0554. The highest BCUT2D eigenvalue weighted by molar-refractivity contribution is 5.79. The Bertz CT molecular complexity index is 449. The van der Waals surface area contributed by atoms with Gasteiger partial charge < -0.3 is 19.5 Å². The van der Waals surface area contributed by atoms with Crippen LogP contribution in [0, 0.1) is 0 Å². The van der Waals surface area contributed by atoms with Gasteiger partial charge in [0.1, 0.15) is 0 Å². The molecule has 0 spiro atoms. The van der Waals surface area contributed by atoms with Crippen molar-refractivity contribution in [2.45, 2.75) is 12.8 Å². The second-order valence-corrected chi connectivity index (χ2v) is 4.71. The van der Waals surface area contributed by atoms with Crippen LogP contribution < -0.4 is 0 Å². The van der Waals surface area contributed by atoms with Crippen LogP contribution in [-0.2, 0) is 25.5 Å². The van der Waals surface area contributed by atoms with E-state index in [1.807, 2.05) is 30.3 Å². The minimum Gasteiger partial charge on any atom is -0.469 e. The summed E-state index contributed by atoms with van der Waals surface area (Å²) in [6, 6.07) is 9.43. The molecule has 0 radical (unpaired) electrons. The van der Waals surface area contributed by atoms with E-state index in [-0.39, 0.29) is 37.9 Å². The molecule has 1 rings (SSSR count). The van der Waals surface area contributed by atoms with Gasteiger partial charge >= 0.3 is 5.97 Å². The third-order valence-corrected chi connectivity index (χ3v) is 3.11. The zero-order chi connectivity index (χ0) is 16.2. The molecule has 0 aliphatic rings. The number of carbonyl (C=O) groups is 2. The maximum absolute atomic E-state index is 12.3. The molecule has 1 N–H and O–H groups in total. The predicted molar refractivity (Wildman–Crippen MR) is 81.3 cm³/mol. The normalized spacial score (nSPS) is 10.3. The molecule has 0 atom stereocenters. The van der Waals surface area contributed by atoms with E-state index in [0.717, 1.165) is 5.56 Å². The molecule has 22 heavy (non-hydrogen) atoms. The molecule has 6 heteroatoms. The molecule has 122 valence electrons. The first-order valence-corrected chi connectivity index (χ1v) is 7.24. The molecule has 1 aromatic rings. The van der Waals surface area contributed by atoms with Gasteiger partial charge in [0, 0.05) is 13.1 Å². The molecular weight excluding hydrogens is 286 g/mol.